The van der Waals surface area contributed by atoms with Crippen LogP contribution >= 0.6 is 0 Å². The number of hydrogen-bond acceptors (Lipinski definition) is 4. The van der Waals surface area contributed by atoms with Crippen molar-refractivity contribution in [3.05, 3.63) is 59.4 Å². The minimum atomic E-state index is -5.08. The van der Waals surface area contributed by atoms with Crippen molar-refractivity contribution in [2.45, 2.75) is 19.1 Å². The number of aromatic nitrogens is 1. The second kappa shape index (κ2) is 9.53. The molecule has 0 unspecified atom stereocenters. The first kappa shape index (κ1) is 21.7. The van der Waals surface area contributed by atoms with E-state index in [1.165, 1.54) is 0 Å². The Bertz CT molecular complexity index is 888. The molecular weight excluding hydrogens is 393 g/mol. The first-order chi connectivity index (χ1) is 13.7. The monoisotopic (exact) mass is 410 g/mol. The lowest BCUT2D eigenvalue weighted by atomic mass is 10.1. The average Bonchev–Trinajstić information content (AvgIpc) is 2.68. The molecule has 4 N–H and O–H groups in total. The van der Waals surface area contributed by atoms with Crippen molar-refractivity contribution in [1.29, 1.82) is 0 Å². The van der Waals surface area contributed by atoms with Gasteiger partial charge in [-0.05, 0) is 35.7 Å². The van der Waals surface area contributed by atoms with Crippen LogP contribution in [0.3, 0.4) is 0 Å². The summed E-state index contributed by atoms with van der Waals surface area (Å²) in [5, 5.41) is 15.4. The lowest BCUT2D eigenvalue weighted by molar-refractivity contribution is -0.192. The summed E-state index contributed by atoms with van der Waals surface area (Å²) < 4.78 is 31.7. The van der Waals surface area contributed by atoms with Gasteiger partial charge in [0.15, 0.2) is 0 Å². The summed E-state index contributed by atoms with van der Waals surface area (Å²) >= 11 is 0. The Balaban J connectivity index is 0.000000370. The Kier molecular flexibility index (Phi) is 7.12. The summed E-state index contributed by atoms with van der Waals surface area (Å²) in [6, 6.07) is 8.90. The molecule has 3 amide bonds. The Morgan fingerprint density at radius 1 is 1.24 bits per heavy atom. The highest BCUT2D eigenvalue weighted by molar-refractivity contribution is 5.98. The maximum atomic E-state index is 12.1. The molecular formula is C18H17F3N4O4. The van der Waals surface area contributed by atoms with Gasteiger partial charge in [-0.3, -0.25) is 9.78 Å². The maximum Gasteiger partial charge on any atom is 0.490 e. The second-order valence-electron chi connectivity index (χ2n) is 5.85. The van der Waals surface area contributed by atoms with Gasteiger partial charge in [-0.25, -0.2) is 9.59 Å². The highest BCUT2D eigenvalue weighted by Crippen LogP contribution is 2.20. The fourth-order valence-corrected chi connectivity index (χ4v) is 2.30. The maximum absolute atomic E-state index is 12.1. The number of anilines is 1. The molecule has 0 spiro atoms. The number of carbonyl (C=O) groups excluding carboxylic acids is 2. The van der Waals surface area contributed by atoms with E-state index in [2.05, 4.69) is 20.9 Å². The molecule has 0 atom stereocenters. The first-order valence-electron chi connectivity index (χ1n) is 8.32. The van der Waals surface area contributed by atoms with Crippen LogP contribution in [-0.4, -0.2) is 40.7 Å². The van der Waals surface area contributed by atoms with Gasteiger partial charge < -0.3 is 21.1 Å². The fraction of sp³-hybridized carbons (Fsp3) is 0.222. The zero-order valence-electron chi connectivity index (χ0n) is 14.9. The normalized spacial score (nSPS) is 12.4. The number of aliphatic carboxylic acids is 1. The van der Waals surface area contributed by atoms with Crippen molar-refractivity contribution in [3.63, 3.8) is 0 Å². The summed E-state index contributed by atoms with van der Waals surface area (Å²) in [6.07, 6.45) is -0.850. The molecule has 0 bridgehead atoms. The summed E-state index contributed by atoms with van der Waals surface area (Å²) in [4.78, 5) is 36.4. The first-order valence-corrected chi connectivity index (χ1v) is 8.32. The molecule has 29 heavy (non-hydrogen) atoms. The number of halogens is 3. The molecule has 0 saturated heterocycles. The third kappa shape index (κ3) is 6.79. The molecule has 1 aliphatic heterocycles. The van der Waals surface area contributed by atoms with E-state index in [-0.39, 0.29) is 11.9 Å². The molecule has 11 heteroatoms. The van der Waals surface area contributed by atoms with Gasteiger partial charge in [0, 0.05) is 36.7 Å². The van der Waals surface area contributed by atoms with Crippen molar-refractivity contribution >= 4 is 23.6 Å². The Morgan fingerprint density at radius 3 is 2.59 bits per heavy atom. The number of carboxylic acid groups (broad SMARTS) is 1. The molecule has 0 fully saturated rings. The number of benzene rings is 1. The predicted octanol–water partition coefficient (Wildman–Crippen LogP) is 2.32. The number of carboxylic acids is 1. The molecule has 0 aliphatic carbocycles. The zero-order valence-corrected chi connectivity index (χ0v) is 14.9. The van der Waals surface area contributed by atoms with Crippen LogP contribution in [0, 0.1) is 0 Å². The van der Waals surface area contributed by atoms with Crippen LogP contribution in [0.2, 0.25) is 0 Å². The van der Waals surface area contributed by atoms with Gasteiger partial charge in [0.2, 0.25) is 0 Å². The molecule has 1 aromatic carbocycles. The number of rotatable bonds is 4. The molecule has 1 aromatic heterocycles. The van der Waals surface area contributed by atoms with Gasteiger partial charge >= 0.3 is 18.2 Å². The van der Waals surface area contributed by atoms with Gasteiger partial charge in [0.1, 0.15) is 0 Å². The molecule has 154 valence electrons. The summed E-state index contributed by atoms with van der Waals surface area (Å²) in [6.45, 7) is 1.01. The third-order valence-electron chi connectivity index (χ3n) is 3.72. The second-order valence-corrected chi connectivity index (χ2v) is 5.85. The Hall–Kier alpha value is -3.63. The van der Waals surface area contributed by atoms with Crippen molar-refractivity contribution in [1.82, 2.24) is 15.6 Å². The standard InChI is InChI=1S/C16H16N4O2.C2HF3O2/c21-15(18-7-5-11-2-1-6-17-9-11)12-3-4-13-10-19-16(22)20-14(13)8-12;3-2(4,5)1(6)7/h1-4,6,8-9H,5,7,10H2,(H,18,21)(H2,19,20,22);(H,6,7). The van der Waals surface area contributed by atoms with Crippen molar-refractivity contribution in [2.24, 2.45) is 0 Å². The number of nitrogens with zero attached hydrogens (tertiary/aromatic N) is 1. The smallest absolute Gasteiger partial charge is 0.475 e. The van der Waals surface area contributed by atoms with E-state index in [9.17, 15) is 22.8 Å². The van der Waals surface area contributed by atoms with E-state index in [0.717, 1.165) is 17.5 Å². The molecule has 8 nitrogen and oxygen atoms in total. The van der Waals surface area contributed by atoms with Gasteiger partial charge in [0.25, 0.3) is 5.91 Å². The van der Waals surface area contributed by atoms with Gasteiger partial charge in [-0.1, -0.05) is 12.1 Å². The number of carbonyl (C=O) groups is 3. The molecule has 2 heterocycles. The highest BCUT2D eigenvalue weighted by atomic mass is 19.4. The quantitative estimate of drug-likeness (QED) is 0.617. The molecule has 0 saturated carbocycles. The molecule has 3 rings (SSSR count). The Morgan fingerprint density at radius 2 is 1.97 bits per heavy atom. The minimum absolute atomic E-state index is 0.153. The minimum Gasteiger partial charge on any atom is -0.475 e. The predicted molar refractivity (Wildman–Crippen MR) is 96.3 cm³/mol. The van der Waals surface area contributed by atoms with Gasteiger partial charge in [0.05, 0.1) is 0 Å². The van der Waals surface area contributed by atoms with Gasteiger partial charge in [-0.2, -0.15) is 13.2 Å². The van der Waals surface area contributed by atoms with Crippen molar-refractivity contribution in [3.8, 4) is 0 Å². The number of nitrogens with one attached hydrogen (secondary N) is 3. The third-order valence-corrected chi connectivity index (χ3v) is 3.72. The van der Waals surface area contributed by atoms with E-state index in [0.29, 0.717) is 24.3 Å². The lowest BCUT2D eigenvalue weighted by Gasteiger charge is -2.18. The van der Waals surface area contributed by atoms with E-state index >= 15 is 0 Å². The molecule has 0 radical (unpaired) electrons. The number of fused-ring (bicyclic) bond motifs is 1. The van der Waals surface area contributed by atoms with Crippen LogP contribution in [0.4, 0.5) is 23.7 Å². The zero-order chi connectivity index (χ0) is 21.4. The number of urea groups is 1. The summed E-state index contributed by atoms with van der Waals surface area (Å²) in [5.74, 6) is -2.91. The van der Waals surface area contributed by atoms with E-state index in [1.54, 1.807) is 24.5 Å². The Labute approximate surface area is 163 Å². The SMILES string of the molecule is O=C(O)C(F)(F)F.O=C1NCc2ccc(C(=O)NCCc3cccnc3)cc2N1. The van der Waals surface area contributed by atoms with Crippen LogP contribution in [0.15, 0.2) is 42.7 Å². The van der Waals surface area contributed by atoms with Crippen LogP contribution in [-0.2, 0) is 17.8 Å². The lowest BCUT2D eigenvalue weighted by Crippen LogP contribution is -2.33. The topological polar surface area (TPSA) is 120 Å². The van der Waals surface area contributed by atoms with Crippen LogP contribution in [0.1, 0.15) is 21.5 Å². The van der Waals surface area contributed by atoms with Crippen molar-refractivity contribution < 1.29 is 32.7 Å². The fourth-order valence-electron chi connectivity index (χ4n) is 2.30. The van der Waals surface area contributed by atoms with Crippen LogP contribution in [0.25, 0.3) is 0 Å². The molecule has 1 aliphatic rings. The number of amides is 3. The largest absolute Gasteiger partial charge is 0.490 e. The van der Waals surface area contributed by atoms with E-state index < -0.39 is 12.1 Å². The van der Waals surface area contributed by atoms with Gasteiger partial charge in [-0.15, -0.1) is 0 Å². The highest BCUT2D eigenvalue weighted by Gasteiger charge is 2.38. The molecule has 2 aromatic rings. The summed E-state index contributed by atoms with van der Waals surface area (Å²) in [5.41, 5.74) is 3.26. The number of pyridine rings is 1. The van der Waals surface area contributed by atoms with Crippen LogP contribution < -0.4 is 16.0 Å². The average molecular weight is 410 g/mol. The van der Waals surface area contributed by atoms with E-state index in [1.807, 2.05) is 18.2 Å². The van der Waals surface area contributed by atoms with Crippen molar-refractivity contribution in [2.75, 3.05) is 11.9 Å². The number of alkyl halides is 3. The number of hydrogen-bond donors (Lipinski definition) is 4. The summed E-state index contributed by atoms with van der Waals surface area (Å²) in [7, 11) is 0. The van der Waals surface area contributed by atoms with Crippen LogP contribution in [0.5, 0.6) is 0 Å². The van der Waals surface area contributed by atoms with E-state index in [4.69, 9.17) is 9.90 Å².